The number of nitrogens with one attached hydrogen (secondary N) is 1. The first kappa shape index (κ1) is 21.0. The van der Waals surface area contributed by atoms with Gasteiger partial charge in [-0.2, -0.15) is 11.8 Å². The summed E-state index contributed by atoms with van der Waals surface area (Å²) in [4.78, 5) is 10.8. The molecule has 0 unspecified atom stereocenters. The Morgan fingerprint density at radius 2 is 1.55 bits per heavy atom. The van der Waals surface area contributed by atoms with E-state index in [9.17, 15) is 4.79 Å². The zero-order chi connectivity index (χ0) is 16.8. The molecule has 0 aliphatic heterocycles. The van der Waals surface area contributed by atoms with Crippen molar-refractivity contribution >= 4 is 17.7 Å². The predicted octanol–water partition coefficient (Wildman–Crippen LogP) is 5.03. The number of allylic oxidation sites excluding steroid dienone is 5. The van der Waals surface area contributed by atoms with Crippen molar-refractivity contribution in [2.45, 2.75) is 59.8 Å². The van der Waals surface area contributed by atoms with Gasteiger partial charge in [0, 0.05) is 17.9 Å². The summed E-state index contributed by atoms with van der Waals surface area (Å²) >= 11 is 1.71. The van der Waals surface area contributed by atoms with Crippen molar-refractivity contribution in [2.75, 3.05) is 11.5 Å². The highest BCUT2D eigenvalue weighted by molar-refractivity contribution is 7.99. The van der Waals surface area contributed by atoms with E-state index < -0.39 is 0 Å². The molecular weight excluding hydrogens is 294 g/mol. The maximum atomic E-state index is 10.8. The van der Waals surface area contributed by atoms with Crippen molar-refractivity contribution in [3.05, 3.63) is 34.9 Å². The lowest BCUT2D eigenvalue weighted by molar-refractivity contribution is -0.128. The highest BCUT2D eigenvalue weighted by atomic mass is 32.2. The number of carbonyl (C=O) groups excluding carboxylic acids is 1. The van der Waals surface area contributed by atoms with Crippen LogP contribution in [0.25, 0.3) is 0 Å². The third-order valence-electron chi connectivity index (χ3n) is 3.27. The van der Waals surface area contributed by atoms with Crippen LogP contribution in [0.5, 0.6) is 0 Å². The summed E-state index contributed by atoms with van der Waals surface area (Å²) < 4.78 is 0. The van der Waals surface area contributed by atoms with Gasteiger partial charge in [0.15, 0.2) is 0 Å². The molecule has 126 valence electrons. The highest BCUT2D eigenvalue weighted by Crippen LogP contribution is 2.12. The molecule has 0 aromatic heterocycles. The van der Waals surface area contributed by atoms with E-state index in [0.717, 1.165) is 37.2 Å². The van der Waals surface area contributed by atoms with Crippen LogP contribution < -0.4 is 5.48 Å². The normalized spacial score (nSPS) is 12.2. The Hall–Kier alpha value is -1.00. The van der Waals surface area contributed by atoms with E-state index in [1.165, 1.54) is 16.7 Å². The van der Waals surface area contributed by atoms with Crippen LogP contribution in [0.1, 0.15) is 59.8 Å². The van der Waals surface area contributed by atoms with E-state index in [1.54, 1.807) is 17.2 Å². The van der Waals surface area contributed by atoms with Gasteiger partial charge >= 0.3 is 0 Å². The molecule has 0 fully saturated rings. The van der Waals surface area contributed by atoms with Gasteiger partial charge in [-0.05, 0) is 53.4 Å². The van der Waals surface area contributed by atoms with Crippen LogP contribution >= 0.6 is 11.8 Å². The van der Waals surface area contributed by atoms with Crippen molar-refractivity contribution in [1.29, 1.82) is 0 Å². The summed E-state index contributed by atoms with van der Waals surface area (Å²) in [6.07, 6.45) is 11.7. The summed E-state index contributed by atoms with van der Waals surface area (Å²) in [6.45, 7) is 8.65. The molecule has 0 radical (unpaired) electrons. The highest BCUT2D eigenvalue weighted by Gasteiger charge is 1.97. The minimum atomic E-state index is -0.318. The number of hydrogen-bond acceptors (Lipinski definition) is 3. The minimum Gasteiger partial charge on any atom is -0.289 e. The SMILES string of the molecule is CC(C)=CCC/C(C)=C/CC/C(C)=C/CSCCC(=O)NO. The Labute approximate surface area is 139 Å². The van der Waals surface area contributed by atoms with Crippen LogP contribution in [-0.2, 0) is 4.79 Å². The number of rotatable bonds is 11. The lowest BCUT2D eigenvalue weighted by Crippen LogP contribution is -2.18. The lowest BCUT2D eigenvalue weighted by Gasteiger charge is -2.02. The van der Waals surface area contributed by atoms with Gasteiger partial charge in [0.05, 0.1) is 0 Å². The van der Waals surface area contributed by atoms with Crippen molar-refractivity contribution < 1.29 is 10.0 Å². The summed E-state index contributed by atoms with van der Waals surface area (Å²) in [7, 11) is 0. The molecule has 0 spiro atoms. The minimum absolute atomic E-state index is 0.318. The molecule has 4 heteroatoms. The third kappa shape index (κ3) is 14.0. The maximum Gasteiger partial charge on any atom is 0.244 e. The van der Waals surface area contributed by atoms with Gasteiger partial charge in [-0.1, -0.05) is 34.9 Å². The van der Waals surface area contributed by atoms with Crippen LogP contribution in [0.4, 0.5) is 0 Å². The first-order valence-electron chi connectivity index (χ1n) is 7.91. The first-order chi connectivity index (χ1) is 10.5. The van der Waals surface area contributed by atoms with E-state index in [2.05, 4.69) is 45.9 Å². The van der Waals surface area contributed by atoms with Crippen molar-refractivity contribution in [3.8, 4) is 0 Å². The van der Waals surface area contributed by atoms with Gasteiger partial charge in [0.2, 0.25) is 5.91 Å². The van der Waals surface area contributed by atoms with Gasteiger partial charge in [-0.3, -0.25) is 10.0 Å². The Morgan fingerprint density at radius 3 is 2.14 bits per heavy atom. The van der Waals surface area contributed by atoms with E-state index >= 15 is 0 Å². The predicted molar refractivity (Wildman–Crippen MR) is 97.3 cm³/mol. The average molecular weight is 326 g/mol. The molecule has 0 aliphatic rings. The van der Waals surface area contributed by atoms with Crippen LogP contribution in [0.15, 0.2) is 34.9 Å². The maximum absolute atomic E-state index is 10.8. The molecule has 0 saturated carbocycles. The number of amides is 1. The summed E-state index contributed by atoms with van der Waals surface area (Å²) in [6, 6.07) is 0. The average Bonchev–Trinajstić information content (AvgIpc) is 2.46. The molecule has 0 rings (SSSR count). The largest absolute Gasteiger partial charge is 0.289 e. The zero-order valence-corrected chi connectivity index (χ0v) is 15.3. The molecule has 3 nitrogen and oxygen atoms in total. The summed E-state index contributed by atoms with van der Waals surface area (Å²) in [5, 5.41) is 8.37. The number of carbonyl (C=O) groups is 1. The Morgan fingerprint density at radius 1 is 0.955 bits per heavy atom. The second-order valence-electron chi connectivity index (χ2n) is 5.82. The fraction of sp³-hybridized carbons (Fsp3) is 0.611. The van der Waals surface area contributed by atoms with Crippen LogP contribution in [-0.4, -0.2) is 22.6 Å². The molecule has 22 heavy (non-hydrogen) atoms. The quantitative estimate of drug-likeness (QED) is 0.242. The van der Waals surface area contributed by atoms with Gasteiger partial charge in [-0.15, -0.1) is 0 Å². The molecule has 0 aromatic rings. The van der Waals surface area contributed by atoms with Gasteiger partial charge in [0.25, 0.3) is 0 Å². The molecule has 0 atom stereocenters. The van der Waals surface area contributed by atoms with E-state index in [4.69, 9.17) is 5.21 Å². The Balaban J connectivity index is 3.78. The Bertz CT molecular complexity index is 407. The fourth-order valence-electron chi connectivity index (χ4n) is 1.84. The monoisotopic (exact) mass is 325 g/mol. The molecule has 2 N–H and O–H groups in total. The Kier molecular flexibility index (Phi) is 13.0. The van der Waals surface area contributed by atoms with Crippen LogP contribution in [0.3, 0.4) is 0 Å². The topological polar surface area (TPSA) is 49.3 Å². The third-order valence-corrected chi connectivity index (χ3v) is 4.17. The summed E-state index contributed by atoms with van der Waals surface area (Å²) in [5.41, 5.74) is 5.90. The van der Waals surface area contributed by atoms with Crippen molar-refractivity contribution in [2.24, 2.45) is 0 Å². The van der Waals surface area contributed by atoms with Gasteiger partial charge < -0.3 is 0 Å². The second-order valence-corrected chi connectivity index (χ2v) is 6.97. The molecule has 0 bridgehead atoms. The second kappa shape index (κ2) is 13.6. The first-order valence-corrected chi connectivity index (χ1v) is 9.06. The van der Waals surface area contributed by atoms with E-state index in [0.29, 0.717) is 6.42 Å². The molecule has 0 saturated heterocycles. The zero-order valence-electron chi connectivity index (χ0n) is 14.4. The van der Waals surface area contributed by atoms with Crippen molar-refractivity contribution in [1.82, 2.24) is 5.48 Å². The van der Waals surface area contributed by atoms with Crippen LogP contribution in [0.2, 0.25) is 0 Å². The van der Waals surface area contributed by atoms with E-state index in [-0.39, 0.29) is 5.91 Å². The van der Waals surface area contributed by atoms with Gasteiger partial charge in [-0.25, -0.2) is 5.48 Å². The molecule has 0 heterocycles. The summed E-state index contributed by atoms with van der Waals surface area (Å²) in [5.74, 6) is 1.34. The fourth-order valence-corrected chi connectivity index (χ4v) is 2.74. The standard InChI is InChI=1S/C18H31NO2S/c1-15(2)7-5-8-16(3)9-6-10-17(4)11-13-22-14-12-18(20)19-21/h7,9,11,21H,5-6,8,10,12-14H2,1-4H3,(H,19,20)/b16-9+,17-11+. The molecular formula is C18H31NO2S. The lowest BCUT2D eigenvalue weighted by atomic mass is 10.1. The number of hydrogen-bond donors (Lipinski definition) is 2. The smallest absolute Gasteiger partial charge is 0.244 e. The molecule has 1 amide bonds. The van der Waals surface area contributed by atoms with Crippen LogP contribution in [0, 0.1) is 0 Å². The molecule has 0 aromatic carbocycles. The number of hydroxylamine groups is 1. The van der Waals surface area contributed by atoms with E-state index in [1.807, 2.05) is 0 Å². The number of thioether (sulfide) groups is 1. The van der Waals surface area contributed by atoms with Gasteiger partial charge in [0.1, 0.15) is 0 Å². The molecule has 0 aliphatic carbocycles. The van der Waals surface area contributed by atoms with Crippen molar-refractivity contribution in [3.63, 3.8) is 0 Å².